The Morgan fingerprint density at radius 2 is 1.90 bits per heavy atom. The second kappa shape index (κ2) is 4.89. The molecular weight excluding hydrogens is 261 g/mol. The summed E-state index contributed by atoms with van der Waals surface area (Å²) in [7, 11) is 0. The third kappa shape index (κ3) is 2.17. The van der Waals surface area contributed by atoms with Gasteiger partial charge in [0.1, 0.15) is 5.82 Å². The lowest BCUT2D eigenvalue weighted by Crippen LogP contribution is -2.43. The molecule has 2 aliphatic carbocycles. The summed E-state index contributed by atoms with van der Waals surface area (Å²) in [6.07, 6.45) is 2.52. The number of carboxylic acid groups (broad SMARTS) is 1. The number of anilines is 1. The Bertz CT molecular complexity index is 560. The van der Waals surface area contributed by atoms with E-state index in [1.165, 1.54) is 18.2 Å². The topological polar surface area (TPSA) is 69.2 Å². The smallest absolute Gasteiger partial charge is 0.228 e. The highest BCUT2D eigenvalue weighted by molar-refractivity contribution is 5.95. The van der Waals surface area contributed by atoms with Gasteiger partial charge < -0.3 is 15.2 Å². The maximum absolute atomic E-state index is 13.1. The molecule has 4 nitrogen and oxygen atoms in total. The summed E-state index contributed by atoms with van der Waals surface area (Å²) in [5, 5.41) is 13.9. The number of carbonyl (C=O) groups is 2. The molecule has 0 unspecified atom stereocenters. The van der Waals surface area contributed by atoms with Crippen molar-refractivity contribution in [2.24, 2.45) is 23.7 Å². The van der Waals surface area contributed by atoms with Crippen molar-refractivity contribution in [2.75, 3.05) is 5.32 Å². The number of benzene rings is 1. The van der Waals surface area contributed by atoms with E-state index in [4.69, 9.17) is 0 Å². The van der Waals surface area contributed by atoms with E-state index in [0.29, 0.717) is 5.69 Å². The molecule has 1 aromatic rings. The standard InChI is InChI=1S/C15H16FNO3/c16-10-2-1-3-11(7-10)17-14(18)12-8-4-5-9(6-8)13(12)15(19)20/h1-3,7-9,12-13H,4-6H2,(H,17,18)(H,19,20)/p-1/t8-,9+,12-,13+/m1/s1. The second-order valence-corrected chi connectivity index (χ2v) is 5.70. The molecule has 2 bridgehead atoms. The Balaban J connectivity index is 1.78. The number of hydrogen-bond donors (Lipinski definition) is 1. The van der Waals surface area contributed by atoms with Crippen molar-refractivity contribution in [3.05, 3.63) is 30.1 Å². The molecule has 0 saturated heterocycles. The van der Waals surface area contributed by atoms with Gasteiger partial charge in [-0.3, -0.25) is 4.79 Å². The molecule has 1 N–H and O–H groups in total. The summed E-state index contributed by atoms with van der Waals surface area (Å²) in [5.74, 6) is -3.02. The molecule has 0 aromatic heterocycles. The second-order valence-electron chi connectivity index (χ2n) is 5.70. The van der Waals surface area contributed by atoms with Gasteiger partial charge in [0.2, 0.25) is 5.91 Å². The van der Waals surface area contributed by atoms with Gasteiger partial charge in [-0.25, -0.2) is 4.39 Å². The number of rotatable bonds is 3. The van der Waals surface area contributed by atoms with Crippen molar-refractivity contribution in [1.82, 2.24) is 0 Å². The van der Waals surface area contributed by atoms with Crippen molar-refractivity contribution in [3.63, 3.8) is 0 Å². The number of carboxylic acids is 1. The Labute approximate surface area is 116 Å². The molecule has 0 heterocycles. The van der Waals surface area contributed by atoms with Crippen LogP contribution in [-0.4, -0.2) is 11.9 Å². The molecule has 0 radical (unpaired) electrons. The van der Waals surface area contributed by atoms with E-state index in [2.05, 4.69) is 5.32 Å². The molecule has 1 amide bonds. The Morgan fingerprint density at radius 1 is 1.20 bits per heavy atom. The monoisotopic (exact) mass is 276 g/mol. The van der Waals surface area contributed by atoms with E-state index in [1.54, 1.807) is 6.07 Å². The number of nitrogens with one attached hydrogen (secondary N) is 1. The molecule has 1 aromatic carbocycles. The fraction of sp³-hybridized carbons (Fsp3) is 0.467. The van der Waals surface area contributed by atoms with E-state index in [1.807, 2.05) is 0 Å². The van der Waals surface area contributed by atoms with Gasteiger partial charge in [0.25, 0.3) is 0 Å². The van der Waals surface area contributed by atoms with E-state index in [9.17, 15) is 19.1 Å². The van der Waals surface area contributed by atoms with Gasteiger partial charge in [0.05, 0.1) is 0 Å². The third-order valence-corrected chi connectivity index (χ3v) is 4.58. The average molecular weight is 276 g/mol. The summed E-state index contributed by atoms with van der Waals surface area (Å²) >= 11 is 0. The van der Waals surface area contributed by atoms with E-state index >= 15 is 0 Å². The predicted octanol–water partition coefficient (Wildman–Crippen LogP) is 1.18. The number of halogens is 1. The third-order valence-electron chi connectivity index (χ3n) is 4.58. The van der Waals surface area contributed by atoms with Crippen molar-refractivity contribution in [2.45, 2.75) is 19.3 Å². The minimum absolute atomic E-state index is 0.0493. The van der Waals surface area contributed by atoms with Crippen LogP contribution < -0.4 is 10.4 Å². The Morgan fingerprint density at radius 3 is 2.55 bits per heavy atom. The predicted molar refractivity (Wildman–Crippen MR) is 67.8 cm³/mol. The number of aliphatic carboxylic acids is 1. The van der Waals surface area contributed by atoms with Crippen molar-refractivity contribution in [1.29, 1.82) is 0 Å². The lowest BCUT2D eigenvalue weighted by Gasteiger charge is -2.30. The number of amides is 1. The zero-order valence-electron chi connectivity index (χ0n) is 10.8. The first kappa shape index (κ1) is 13.1. The number of fused-ring (bicyclic) bond motifs is 2. The fourth-order valence-corrected chi connectivity index (χ4v) is 3.80. The van der Waals surface area contributed by atoms with Crippen LogP contribution in [0.3, 0.4) is 0 Å². The maximum Gasteiger partial charge on any atom is 0.228 e. The lowest BCUT2D eigenvalue weighted by molar-refractivity contribution is -0.314. The molecule has 2 saturated carbocycles. The van der Waals surface area contributed by atoms with E-state index in [0.717, 1.165) is 19.3 Å². The summed E-state index contributed by atoms with van der Waals surface area (Å²) < 4.78 is 13.1. The van der Waals surface area contributed by atoms with Gasteiger partial charge in [-0.1, -0.05) is 6.07 Å². The van der Waals surface area contributed by atoms with E-state index < -0.39 is 23.6 Å². The summed E-state index contributed by atoms with van der Waals surface area (Å²) in [4.78, 5) is 23.6. The SMILES string of the molecule is O=C(Nc1cccc(F)c1)[C@@H]1[C@@H]2CC[C@@H](C2)[C@@H]1C(=O)[O-]. The zero-order valence-corrected chi connectivity index (χ0v) is 10.8. The van der Waals surface area contributed by atoms with Crippen molar-refractivity contribution >= 4 is 17.6 Å². The average Bonchev–Trinajstić information content (AvgIpc) is 2.98. The first-order valence-electron chi connectivity index (χ1n) is 6.83. The molecular formula is C15H15FNO3-. The molecule has 0 aliphatic heterocycles. The highest BCUT2D eigenvalue weighted by Gasteiger charge is 2.51. The van der Waals surface area contributed by atoms with Crippen LogP contribution in [-0.2, 0) is 9.59 Å². The van der Waals surface area contributed by atoms with E-state index in [-0.39, 0.29) is 17.7 Å². The van der Waals surface area contributed by atoms with Gasteiger partial charge in [0, 0.05) is 23.5 Å². The molecule has 4 atom stereocenters. The summed E-state index contributed by atoms with van der Waals surface area (Å²) in [6.45, 7) is 0. The van der Waals surface area contributed by atoms with Crippen LogP contribution in [0.5, 0.6) is 0 Å². The number of carbonyl (C=O) groups excluding carboxylic acids is 2. The molecule has 106 valence electrons. The highest BCUT2D eigenvalue weighted by Crippen LogP contribution is 2.52. The Kier molecular flexibility index (Phi) is 3.20. The van der Waals surface area contributed by atoms with Crippen LogP contribution in [0.15, 0.2) is 24.3 Å². The fourth-order valence-electron chi connectivity index (χ4n) is 3.80. The lowest BCUT2D eigenvalue weighted by atomic mass is 9.78. The maximum atomic E-state index is 13.1. The molecule has 3 rings (SSSR count). The molecule has 0 spiro atoms. The first-order valence-corrected chi connectivity index (χ1v) is 6.83. The minimum Gasteiger partial charge on any atom is -0.550 e. The van der Waals surface area contributed by atoms with Crippen molar-refractivity contribution < 1.29 is 19.1 Å². The summed E-state index contributed by atoms with van der Waals surface area (Å²) in [6, 6.07) is 5.60. The van der Waals surface area contributed by atoms with Crippen LogP contribution in [0.1, 0.15) is 19.3 Å². The van der Waals surface area contributed by atoms with Gasteiger partial charge in [-0.05, 0) is 49.3 Å². The van der Waals surface area contributed by atoms with Crippen LogP contribution >= 0.6 is 0 Å². The highest BCUT2D eigenvalue weighted by atomic mass is 19.1. The zero-order chi connectivity index (χ0) is 14.3. The summed E-state index contributed by atoms with van der Waals surface area (Å²) in [5.41, 5.74) is 0.356. The van der Waals surface area contributed by atoms with Crippen LogP contribution in [0, 0.1) is 29.5 Å². The molecule has 2 fully saturated rings. The quantitative estimate of drug-likeness (QED) is 0.901. The minimum atomic E-state index is -1.14. The first-order chi connectivity index (χ1) is 9.56. The normalized spacial score (nSPS) is 31.2. The largest absolute Gasteiger partial charge is 0.550 e. The van der Waals surface area contributed by atoms with Gasteiger partial charge in [-0.15, -0.1) is 0 Å². The van der Waals surface area contributed by atoms with Crippen LogP contribution in [0.4, 0.5) is 10.1 Å². The van der Waals surface area contributed by atoms with Crippen LogP contribution in [0.25, 0.3) is 0 Å². The Hall–Kier alpha value is -1.91. The van der Waals surface area contributed by atoms with Crippen LogP contribution in [0.2, 0.25) is 0 Å². The molecule has 2 aliphatic rings. The van der Waals surface area contributed by atoms with Gasteiger partial charge >= 0.3 is 0 Å². The van der Waals surface area contributed by atoms with Crippen molar-refractivity contribution in [3.8, 4) is 0 Å². The number of hydrogen-bond acceptors (Lipinski definition) is 3. The molecule has 20 heavy (non-hydrogen) atoms. The van der Waals surface area contributed by atoms with Gasteiger partial charge in [0.15, 0.2) is 0 Å². The molecule has 5 heteroatoms. The van der Waals surface area contributed by atoms with Gasteiger partial charge in [-0.2, -0.15) is 0 Å².